The number of rotatable bonds is 4. The summed E-state index contributed by atoms with van der Waals surface area (Å²) in [5.41, 5.74) is 2.07. The summed E-state index contributed by atoms with van der Waals surface area (Å²) in [7, 11) is 1.94. The van der Waals surface area contributed by atoms with Gasteiger partial charge in [-0.25, -0.2) is 4.21 Å². The minimum absolute atomic E-state index is 0.591. The second-order valence-corrected chi connectivity index (χ2v) is 6.00. The van der Waals surface area contributed by atoms with Crippen molar-refractivity contribution in [3.05, 3.63) is 47.5 Å². The van der Waals surface area contributed by atoms with Crippen LogP contribution in [-0.4, -0.2) is 18.4 Å². The van der Waals surface area contributed by atoms with Gasteiger partial charge in [-0.15, -0.1) is 0 Å². The molecule has 1 atom stereocenters. The van der Waals surface area contributed by atoms with Crippen LogP contribution in [0.2, 0.25) is 0 Å². The predicted molar refractivity (Wildman–Crippen MR) is 80.1 cm³/mol. The van der Waals surface area contributed by atoms with E-state index >= 15 is 0 Å². The highest BCUT2D eigenvalue weighted by Gasteiger charge is 2.14. The second-order valence-electron chi connectivity index (χ2n) is 4.55. The highest BCUT2D eigenvalue weighted by Crippen LogP contribution is 2.33. The van der Waals surface area contributed by atoms with Crippen LogP contribution >= 0.6 is 0 Å². The maximum Gasteiger partial charge on any atom is 0.161 e. The van der Waals surface area contributed by atoms with Crippen molar-refractivity contribution in [1.29, 1.82) is 0 Å². The molecule has 0 heterocycles. The third kappa shape index (κ3) is 2.85. The molecule has 0 saturated heterocycles. The Hall–Kier alpha value is -1.81. The Morgan fingerprint density at radius 2 is 1.45 bits per heavy atom. The molecule has 0 saturated carbocycles. The van der Waals surface area contributed by atoms with E-state index in [4.69, 9.17) is 9.47 Å². The van der Waals surface area contributed by atoms with Crippen LogP contribution in [0.4, 0.5) is 0 Å². The Morgan fingerprint density at radius 1 is 0.900 bits per heavy atom. The highest BCUT2D eigenvalue weighted by atomic mass is 32.2. The summed E-state index contributed by atoms with van der Waals surface area (Å²) in [5, 5.41) is 0. The number of hydrogen-bond donors (Lipinski definition) is 0. The molecule has 0 fully saturated rings. The first-order valence-electron chi connectivity index (χ1n) is 6.28. The first kappa shape index (κ1) is 14.6. The molecule has 0 bridgehead atoms. The van der Waals surface area contributed by atoms with Gasteiger partial charge in [0.25, 0.3) is 0 Å². The molecule has 0 aliphatic rings. The Labute approximate surface area is 122 Å². The summed E-state index contributed by atoms with van der Waals surface area (Å²) in [5.74, 6) is 1.24. The molecule has 20 heavy (non-hydrogen) atoms. The van der Waals surface area contributed by atoms with Crippen molar-refractivity contribution in [2.24, 2.45) is 0 Å². The topological polar surface area (TPSA) is 35.5 Å². The molecule has 2 aromatic carbocycles. The van der Waals surface area contributed by atoms with Gasteiger partial charge in [-0.2, -0.15) is 0 Å². The summed E-state index contributed by atoms with van der Waals surface area (Å²) < 4.78 is 23.2. The van der Waals surface area contributed by atoms with Crippen LogP contribution in [0.3, 0.4) is 0 Å². The van der Waals surface area contributed by atoms with Crippen LogP contribution in [0.15, 0.2) is 46.2 Å². The van der Waals surface area contributed by atoms with E-state index in [1.807, 2.05) is 44.2 Å². The molecule has 0 N–H and O–H groups in total. The fourth-order valence-corrected chi connectivity index (χ4v) is 3.15. The van der Waals surface area contributed by atoms with Crippen LogP contribution in [0.25, 0.3) is 0 Å². The van der Waals surface area contributed by atoms with Gasteiger partial charge in [-0.1, -0.05) is 17.7 Å². The molecule has 0 aromatic heterocycles. The third-order valence-electron chi connectivity index (χ3n) is 3.12. The van der Waals surface area contributed by atoms with Crippen LogP contribution in [0, 0.1) is 13.8 Å². The lowest BCUT2D eigenvalue weighted by Gasteiger charge is -2.12. The zero-order valence-electron chi connectivity index (χ0n) is 12.1. The molecule has 2 rings (SSSR count). The number of hydrogen-bond acceptors (Lipinski definition) is 3. The molecule has 0 amide bonds. The monoisotopic (exact) mass is 290 g/mol. The molecule has 106 valence electrons. The molecular formula is C16H18O3S. The molecule has 0 aliphatic heterocycles. The van der Waals surface area contributed by atoms with Crippen LogP contribution < -0.4 is 9.47 Å². The highest BCUT2D eigenvalue weighted by molar-refractivity contribution is 7.85. The molecule has 2 aromatic rings. The number of ether oxygens (including phenoxy) is 2. The Morgan fingerprint density at radius 3 is 2.00 bits per heavy atom. The lowest BCUT2D eigenvalue weighted by atomic mass is 10.2. The van der Waals surface area contributed by atoms with Crippen LogP contribution in [0.5, 0.6) is 11.5 Å². The van der Waals surface area contributed by atoms with E-state index in [2.05, 4.69) is 0 Å². The zero-order chi connectivity index (χ0) is 14.7. The first-order valence-corrected chi connectivity index (χ1v) is 7.43. The minimum Gasteiger partial charge on any atom is -0.493 e. The molecule has 3 nitrogen and oxygen atoms in total. The maximum absolute atomic E-state index is 12.7. The van der Waals surface area contributed by atoms with Gasteiger partial charge in [-0.05, 0) is 37.6 Å². The molecule has 0 spiro atoms. The van der Waals surface area contributed by atoms with Gasteiger partial charge in [0.2, 0.25) is 0 Å². The van der Waals surface area contributed by atoms with E-state index in [-0.39, 0.29) is 0 Å². The van der Waals surface area contributed by atoms with Gasteiger partial charge in [0.05, 0.1) is 29.9 Å². The van der Waals surface area contributed by atoms with Gasteiger partial charge >= 0.3 is 0 Å². The van der Waals surface area contributed by atoms with Gasteiger partial charge in [0, 0.05) is 11.0 Å². The third-order valence-corrected chi connectivity index (χ3v) is 4.66. The zero-order valence-corrected chi connectivity index (χ0v) is 12.9. The first-order chi connectivity index (χ1) is 9.56. The fraction of sp³-hybridized carbons (Fsp3) is 0.250. The van der Waals surface area contributed by atoms with Crippen LogP contribution in [0.1, 0.15) is 11.1 Å². The van der Waals surface area contributed by atoms with Gasteiger partial charge in [0.1, 0.15) is 0 Å². The molecule has 0 aliphatic carbocycles. The summed E-state index contributed by atoms with van der Waals surface area (Å²) in [6, 6.07) is 11.3. The van der Waals surface area contributed by atoms with Gasteiger partial charge in [0.15, 0.2) is 11.5 Å². The molecular weight excluding hydrogens is 272 g/mol. The van der Waals surface area contributed by atoms with Crippen molar-refractivity contribution in [2.45, 2.75) is 23.6 Å². The average Bonchev–Trinajstić information content (AvgIpc) is 2.47. The number of methoxy groups -OCH3 is 2. The van der Waals surface area contributed by atoms with Crippen molar-refractivity contribution in [2.75, 3.05) is 14.2 Å². The van der Waals surface area contributed by atoms with E-state index in [1.54, 1.807) is 20.3 Å². The number of aryl methyl sites for hydroxylation is 2. The van der Waals surface area contributed by atoms with Crippen molar-refractivity contribution >= 4 is 10.8 Å². The van der Waals surface area contributed by atoms with Crippen molar-refractivity contribution in [1.82, 2.24) is 0 Å². The summed E-state index contributed by atoms with van der Waals surface area (Å²) in [6.07, 6.45) is 0. The van der Waals surface area contributed by atoms with Crippen LogP contribution in [-0.2, 0) is 10.8 Å². The largest absolute Gasteiger partial charge is 0.493 e. The van der Waals surface area contributed by atoms with E-state index in [1.165, 1.54) is 0 Å². The molecule has 0 unspecified atom stereocenters. The average molecular weight is 290 g/mol. The lowest BCUT2D eigenvalue weighted by molar-refractivity contribution is 0.353. The van der Waals surface area contributed by atoms with E-state index < -0.39 is 10.8 Å². The number of benzene rings is 2. The van der Waals surface area contributed by atoms with E-state index in [0.29, 0.717) is 11.5 Å². The summed E-state index contributed by atoms with van der Waals surface area (Å²) in [6.45, 7) is 3.93. The Bertz CT molecular complexity index is 633. The van der Waals surface area contributed by atoms with E-state index in [9.17, 15) is 4.21 Å². The Kier molecular flexibility index (Phi) is 4.45. The Balaban J connectivity index is 2.46. The fourth-order valence-electron chi connectivity index (χ4n) is 1.95. The predicted octanol–water partition coefficient (Wildman–Crippen LogP) is 3.49. The van der Waals surface area contributed by atoms with Gasteiger partial charge < -0.3 is 9.47 Å². The quantitative estimate of drug-likeness (QED) is 0.864. The van der Waals surface area contributed by atoms with Gasteiger partial charge in [-0.3, -0.25) is 0 Å². The summed E-state index contributed by atoms with van der Waals surface area (Å²) in [4.78, 5) is 1.53. The molecule has 0 radical (unpaired) electrons. The summed E-state index contributed by atoms with van der Waals surface area (Å²) >= 11 is 0. The minimum atomic E-state index is -1.22. The smallest absolute Gasteiger partial charge is 0.161 e. The standard InChI is InChI=1S/C16H18O3S/c1-11-5-7-13(8-6-11)20(17)16-10-15(19-4)14(18-3)9-12(16)2/h5-10H,1-4H3/t20-/m0/s1. The lowest BCUT2D eigenvalue weighted by Crippen LogP contribution is -1.99. The van der Waals surface area contributed by atoms with E-state index in [0.717, 1.165) is 20.9 Å². The maximum atomic E-state index is 12.7. The SMILES string of the molecule is COc1cc(C)c([S@@](=O)c2ccc(C)cc2)cc1OC. The van der Waals surface area contributed by atoms with Crippen molar-refractivity contribution in [3.63, 3.8) is 0 Å². The van der Waals surface area contributed by atoms with Crippen molar-refractivity contribution in [3.8, 4) is 11.5 Å². The molecule has 4 heteroatoms. The van der Waals surface area contributed by atoms with Crippen molar-refractivity contribution < 1.29 is 13.7 Å². The normalized spacial score (nSPS) is 12.0. The second kappa shape index (κ2) is 6.09.